The minimum absolute atomic E-state index is 0.233. The number of hydrogen-bond donors (Lipinski definition) is 3. The van der Waals surface area contributed by atoms with Gasteiger partial charge in [0.1, 0.15) is 18.1 Å². The molecule has 5 atom stereocenters. The van der Waals surface area contributed by atoms with E-state index in [1.54, 1.807) is 48.8 Å². The summed E-state index contributed by atoms with van der Waals surface area (Å²) in [7, 11) is 6.34. The lowest BCUT2D eigenvalue weighted by Crippen LogP contribution is -2.57. The lowest BCUT2D eigenvalue weighted by Gasteiger charge is -2.38. The summed E-state index contributed by atoms with van der Waals surface area (Å²) in [4.78, 5) is 57.1. The molecule has 3 unspecified atom stereocenters. The number of rotatable bonds is 16. The molecule has 3 aromatic rings. The van der Waals surface area contributed by atoms with Gasteiger partial charge in [-0.1, -0.05) is 110 Å². The molecule has 1 aliphatic rings. The van der Waals surface area contributed by atoms with Gasteiger partial charge < -0.3 is 25.3 Å². The number of hydrogen-bond acceptors (Lipinski definition) is 6. The number of amides is 4. The highest BCUT2D eigenvalue weighted by Crippen LogP contribution is 2.41. The fraction of sp³-hybridized carbons (Fsp3) is 0.500. The van der Waals surface area contributed by atoms with E-state index in [1.807, 2.05) is 42.5 Å². The average molecular weight is 773 g/mol. The predicted molar refractivity (Wildman–Crippen MR) is 221 cm³/mol. The topological polar surface area (TPSA) is 114 Å². The molecule has 0 bridgehead atoms. The Bertz CT molecular complexity index is 1730. The number of nitrogens with one attached hydrogen (secondary N) is 3. The third-order valence-corrected chi connectivity index (χ3v) is 12.0. The van der Waals surface area contributed by atoms with Crippen molar-refractivity contribution in [3.05, 3.63) is 106 Å². The number of halogens is 1. The Labute approximate surface area is 333 Å². The summed E-state index contributed by atoms with van der Waals surface area (Å²) in [5.74, 6) is -0.764. The van der Waals surface area contributed by atoms with Crippen molar-refractivity contribution in [3.8, 4) is 0 Å². The van der Waals surface area contributed by atoms with Gasteiger partial charge in [0.2, 0.25) is 23.6 Å². The van der Waals surface area contributed by atoms with E-state index in [1.165, 1.54) is 65.8 Å². The molecule has 4 rings (SSSR count). The molecular weight excluding hydrogens is 712 g/mol. The van der Waals surface area contributed by atoms with Crippen LogP contribution in [-0.4, -0.2) is 104 Å². The number of benzene rings is 3. The Kier molecular flexibility index (Phi) is 15.9. The van der Waals surface area contributed by atoms with Gasteiger partial charge in [-0.15, -0.1) is 0 Å². The molecule has 0 aliphatic heterocycles. The van der Waals surface area contributed by atoms with Crippen molar-refractivity contribution in [2.24, 2.45) is 0 Å². The Morgan fingerprint density at radius 1 is 0.673 bits per heavy atom. The van der Waals surface area contributed by atoms with Crippen molar-refractivity contribution in [3.63, 3.8) is 0 Å². The van der Waals surface area contributed by atoms with Gasteiger partial charge in [-0.25, -0.2) is 0 Å². The Hall–Kier alpha value is -4.25. The smallest absolute Gasteiger partial charge is 0.245 e. The van der Waals surface area contributed by atoms with Gasteiger partial charge in [-0.3, -0.25) is 24.5 Å². The van der Waals surface area contributed by atoms with Crippen LogP contribution in [0, 0.1) is 0 Å². The van der Waals surface area contributed by atoms with E-state index in [2.05, 4.69) is 52.3 Å². The number of likely N-dealkylation sites (N-methyl/N-ethyl adjacent to an activating group) is 4. The first-order valence-corrected chi connectivity index (χ1v) is 20.0. The third kappa shape index (κ3) is 10.1. The molecule has 4 amide bonds. The van der Waals surface area contributed by atoms with E-state index in [9.17, 15) is 19.2 Å². The zero-order valence-corrected chi connectivity index (χ0v) is 34.7. The first-order valence-electron chi connectivity index (χ1n) is 19.7. The van der Waals surface area contributed by atoms with Crippen LogP contribution in [0.15, 0.2) is 78.9 Å². The van der Waals surface area contributed by atoms with Crippen molar-refractivity contribution >= 4 is 35.2 Å². The first-order chi connectivity index (χ1) is 26.3. The van der Waals surface area contributed by atoms with Crippen molar-refractivity contribution in [1.29, 1.82) is 0 Å². The molecule has 1 fully saturated rings. The minimum Gasteiger partial charge on any atom is -0.353 e. The van der Waals surface area contributed by atoms with Gasteiger partial charge in [-0.2, -0.15) is 0 Å². The van der Waals surface area contributed by atoms with Crippen molar-refractivity contribution in [2.45, 2.75) is 102 Å². The highest BCUT2D eigenvalue weighted by Gasteiger charge is 2.38. The average Bonchev–Trinajstić information content (AvgIpc) is 3.51. The first kappa shape index (κ1) is 43.5. The summed E-state index contributed by atoms with van der Waals surface area (Å²) in [5.41, 5.74) is 3.52. The fourth-order valence-electron chi connectivity index (χ4n) is 7.53. The molecule has 0 aromatic heterocycles. The number of nitrogens with zero attached hydrogens (tertiary/aromatic N) is 3. The molecule has 1 saturated carbocycles. The highest BCUT2D eigenvalue weighted by molar-refractivity contribution is 6.31. The van der Waals surface area contributed by atoms with Crippen LogP contribution in [0.3, 0.4) is 0 Å². The molecular formula is C44H61ClN6O4. The van der Waals surface area contributed by atoms with Crippen LogP contribution in [-0.2, 0) is 24.7 Å². The molecule has 3 aromatic carbocycles. The Morgan fingerprint density at radius 3 is 1.75 bits per heavy atom. The van der Waals surface area contributed by atoms with Crippen molar-refractivity contribution < 1.29 is 19.2 Å². The maximum Gasteiger partial charge on any atom is 0.245 e. The molecule has 298 valence electrons. The second kappa shape index (κ2) is 20.1. The quantitative estimate of drug-likeness (QED) is 0.0947. The van der Waals surface area contributed by atoms with Gasteiger partial charge in [-0.05, 0) is 81.8 Å². The van der Waals surface area contributed by atoms with E-state index >= 15 is 0 Å². The van der Waals surface area contributed by atoms with Crippen LogP contribution in [0.5, 0.6) is 0 Å². The summed E-state index contributed by atoms with van der Waals surface area (Å²) in [6.45, 7) is 7.31. The molecule has 3 N–H and O–H groups in total. The number of carbonyl (C=O) groups excluding carboxylic acids is 4. The molecule has 0 heterocycles. The standard InChI is InChI=1S/C44H61ClN6O4/c1-30(46-5)41(53)50(7)32(3)43(55)51(8)33(4)42(54)49(6)31(2)40(52)47-28-29-48-44(36-20-14-11-15-21-36,38-22-16-17-23-39(38)45)37-26-24-35(25-27-37)34-18-12-9-10-13-19-34/h11,14-17,20-27,30-34,46,48H,9-10,12-13,18-19,28-29H2,1-8H3,(H,47,52)/t30-,31?,32?,33-,44?/m1/s1. The second-order valence-electron chi connectivity index (χ2n) is 15.0. The fourth-order valence-corrected chi connectivity index (χ4v) is 7.81. The molecule has 1 aliphatic carbocycles. The van der Waals surface area contributed by atoms with E-state index in [4.69, 9.17) is 11.6 Å². The van der Waals surface area contributed by atoms with Gasteiger partial charge in [0.15, 0.2) is 0 Å². The molecule has 0 radical (unpaired) electrons. The number of carbonyl (C=O) groups is 4. The van der Waals surface area contributed by atoms with Crippen LogP contribution in [0.2, 0.25) is 5.02 Å². The van der Waals surface area contributed by atoms with E-state index in [0.717, 1.165) is 16.7 Å². The SMILES string of the molecule is CN[C@H](C)C(=O)N(C)C(C)C(=O)N(C)[C@H](C)C(=O)N(C)C(C)C(=O)NCCNC(c1ccccc1)(c1ccc(C2CCCCCC2)cc1)c1ccccc1Cl. The normalized spacial score (nSPS) is 16.7. The molecule has 0 spiro atoms. The van der Waals surface area contributed by atoms with E-state index in [-0.39, 0.29) is 24.3 Å². The predicted octanol–water partition coefficient (Wildman–Crippen LogP) is 5.92. The summed E-state index contributed by atoms with van der Waals surface area (Å²) in [5, 5.41) is 10.3. The lowest BCUT2D eigenvalue weighted by molar-refractivity contribution is -0.150. The molecule has 11 heteroatoms. The lowest BCUT2D eigenvalue weighted by atomic mass is 9.76. The zero-order valence-electron chi connectivity index (χ0n) is 33.9. The summed E-state index contributed by atoms with van der Waals surface area (Å²) in [6.07, 6.45) is 7.58. The monoisotopic (exact) mass is 772 g/mol. The molecule has 55 heavy (non-hydrogen) atoms. The maximum absolute atomic E-state index is 13.6. The van der Waals surface area contributed by atoms with Gasteiger partial charge in [0, 0.05) is 39.3 Å². The Morgan fingerprint density at radius 2 is 1.18 bits per heavy atom. The molecule has 0 saturated heterocycles. The summed E-state index contributed by atoms with van der Waals surface area (Å²) < 4.78 is 0. The van der Waals surface area contributed by atoms with Crippen LogP contribution in [0.1, 0.15) is 94.4 Å². The largest absolute Gasteiger partial charge is 0.353 e. The maximum atomic E-state index is 13.6. The molecule has 10 nitrogen and oxygen atoms in total. The third-order valence-electron chi connectivity index (χ3n) is 11.7. The van der Waals surface area contributed by atoms with Crippen LogP contribution >= 0.6 is 11.6 Å². The Balaban J connectivity index is 1.48. The van der Waals surface area contributed by atoms with Crippen molar-refractivity contribution in [2.75, 3.05) is 41.3 Å². The summed E-state index contributed by atoms with van der Waals surface area (Å²) in [6, 6.07) is 24.2. The van der Waals surface area contributed by atoms with Crippen molar-refractivity contribution in [1.82, 2.24) is 30.7 Å². The second-order valence-corrected chi connectivity index (χ2v) is 15.4. The van der Waals surface area contributed by atoms with E-state index < -0.39 is 35.6 Å². The zero-order chi connectivity index (χ0) is 40.3. The minimum atomic E-state index is -0.863. The van der Waals surface area contributed by atoms with Crippen LogP contribution in [0.4, 0.5) is 0 Å². The van der Waals surface area contributed by atoms with E-state index in [0.29, 0.717) is 17.5 Å². The van der Waals surface area contributed by atoms with Gasteiger partial charge in [0.25, 0.3) is 0 Å². The van der Waals surface area contributed by atoms with Crippen LogP contribution < -0.4 is 16.0 Å². The highest BCUT2D eigenvalue weighted by atomic mass is 35.5. The van der Waals surface area contributed by atoms with Gasteiger partial charge >= 0.3 is 0 Å². The van der Waals surface area contributed by atoms with Crippen LogP contribution in [0.25, 0.3) is 0 Å². The summed E-state index contributed by atoms with van der Waals surface area (Å²) >= 11 is 6.99. The van der Waals surface area contributed by atoms with Gasteiger partial charge in [0.05, 0.1) is 11.6 Å².